The molecule has 0 aliphatic carbocycles. The van der Waals surface area contributed by atoms with E-state index in [2.05, 4.69) is 41.2 Å². The average molecular weight is 384 g/mol. The summed E-state index contributed by atoms with van der Waals surface area (Å²) in [4.78, 5) is 9.87. The van der Waals surface area contributed by atoms with Gasteiger partial charge in [-0.2, -0.15) is 0 Å². The van der Waals surface area contributed by atoms with Gasteiger partial charge in [0.05, 0.1) is 26.4 Å². The van der Waals surface area contributed by atoms with Crippen LogP contribution in [0.3, 0.4) is 0 Å². The first-order valence-electron chi connectivity index (χ1n) is 10.6. The summed E-state index contributed by atoms with van der Waals surface area (Å²) in [6.07, 6.45) is 2.49. The van der Waals surface area contributed by atoms with Crippen LogP contribution in [0.15, 0.2) is 4.99 Å². The van der Waals surface area contributed by atoms with Crippen molar-refractivity contribution >= 4 is 5.96 Å². The van der Waals surface area contributed by atoms with Crippen LogP contribution in [0.25, 0.3) is 0 Å². The number of rotatable bonds is 9. The van der Waals surface area contributed by atoms with Crippen LogP contribution in [0.1, 0.15) is 33.6 Å². The third-order valence-electron chi connectivity index (χ3n) is 5.71. The van der Waals surface area contributed by atoms with Gasteiger partial charge in [0.25, 0.3) is 0 Å². The van der Waals surface area contributed by atoms with Gasteiger partial charge in [-0.05, 0) is 52.6 Å². The molecule has 2 aliphatic rings. The summed E-state index contributed by atoms with van der Waals surface area (Å²) in [7, 11) is 1.78. The van der Waals surface area contributed by atoms with Crippen LogP contribution in [0.5, 0.6) is 0 Å². The molecule has 0 amide bonds. The monoisotopic (exact) mass is 383 g/mol. The van der Waals surface area contributed by atoms with E-state index in [1.807, 2.05) is 0 Å². The SMILES string of the molecule is CCNC(=NCC(C)(C)N1CCOCC1)NCC1CCN(CCOC)CC1. The molecule has 0 saturated carbocycles. The largest absolute Gasteiger partial charge is 0.383 e. The van der Waals surface area contributed by atoms with Gasteiger partial charge in [0.15, 0.2) is 5.96 Å². The molecule has 7 nitrogen and oxygen atoms in total. The standard InChI is InChI=1S/C20H41N5O2/c1-5-21-19(23-17-20(2,3)25-11-14-27-15-12-25)22-16-18-6-8-24(9-7-18)10-13-26-4/h18H,5-17H2,1-4H3,(H2,21,22,23). The maximum Gasteiger partial charge on any atom is 0.191 e. The lowest BCUT2D eigenvalue weighted by Crippen LogP contribution is -2.52. The lowest BCUT2D eigenvalue weighted by Gasteiger charge is -2.40. The Balaban J connectivity index is 1.76. The van der Waals surface area contributed by atoms with E-state index in [0.717, 1.165) is 71.0 Å². The minimum absolute atomic E-state index is 0.0544. The molecule has 27 heavy (non-hydrogen) atoms. The van der Waals surface area contributed by atoms with Crippen molar-refractivity contribution in [3.05, 3.63) is 0 Å². The second kappa shape index (κ2) is 11.8. The summed E-state index contributed by atoms with van der Waals surface area (Å²) >= 11 is 0. The number of nitrogens with one attached hydrogen (secondary N) is 2. The molecule has 2 aliphatic heterocycles. The number of aliphatic imine (C=N–C) groups is 1. The van der Waals surface area contributed by atoms with Gasteiger partial charge >= 0.3 is 0 Å². The fraction of sp³-hybridized carbons (Fsp3) is 0.950. The number of ether oxygens (including phenoxy) is 2. The molecule has 0 aromatic rings. The average Bonchev–Trinajstić information content (AvgIpc) is 2.70. The highest BCUT2D eigenvalue weighted by atomic mass is 16.5. The number of hydrogen-bond donors (Lipinski definition) is 2. The molecule has 2 N–H and O–H groups in total. The van der Waals surface area contributed by atoms with Gasteiger partial charge in [-0.25, -0.2) is 0 Å². The van der Waals surface area contributed by atoms with E-state index >= 15 is 0 Å². The van der Waals surface area contributed by atoms with Gasteiger partial charge in [-0.15, -0.1) is 0 Å². The zero-order valence-electron chi connectivity index (χ0n) is 17.9. The summed E-state index contributed by atoms with van der Waals surface area (Å²) < 4.78 is 10.7. The predicted molar refractivity (Wildman–Crippen MR) is 111 cm³/mol. The number of hydrogen-bond acceptors (Lipinski definition) is 5. The van der Waals surface area contributed by atoms with Crippen LogP contribution in [0.2, 0.25) is 0 Å². The van der Waals surface area contributed by atoms with Crippen LogP contribution >= 0.6 is 0 Å². The molecule has 2 fully saturated rings. The maximum atomic E-state index is 5.48. The Morgan fingerprint density at radius 1 is 1.15 bits per heavy atom. The van der Waals surface area contributed by atoms with Crippen molar-refractivity contribution in [3.8, 4) is 0 Å². The van der Waals surface area contributed by atoms with E-state index in [9.17, 15) is 0 Å². The second-order valence-corrected chi connectivity index (χ2v) is 8.27. The minimum Gasteiger partial charge on any atom is -0.383 e. The second-order valence-electron chi connectivity index (χ2n) is 8.27. The van der Waals surface area contributed by atoms with Crippen LogP contribution in [-0.2, 0) is 9.47 Å². The smallest absolute Gasteiger partial charge is 0.191 e. The number of piperidine rings is 1. The van der Waals surface area contributed by atoms with E-state index in [0.29, 0.717) is 0 Å². The highest BCUT2D eigenvalue weighted by Gasteiger charge is 2.28. The van der Waals surface area contributed by atoms with Gasteiger partial charge in [0, 0.05) is 45.4 Å². The molecule has 0 spiro atoms. The van der Waals surface area contributed by atoms with Crippen molar-refractivity contribution in [2.75, 3.05) is 79.3 Å². The van der Waals surface area contributed by atoms with Gasteiger partial charge in [-0.3, -0.25) is 9.89 Å². The molecule has 2 heterocycles. The van der Waals surface area contributed by atoms with Crippen molar-refractivity contribution in [3.63, 3.8) is 0 Å². The third-order valence-corrected chi connectivity index (χ3v) is 5.71. The van der Waals surface area contributed by atoms with Gasteiger partial charge in [0.1, 0.15) is 0 Å². The summed E-state index contributed by atoms with van der Waals surface area (Å²) in [6, 6.07) is 0. The number of methoxy groups -OCH3 is 1. The molecule has 0 aromatic carbocycles. The van der Waals surface area contributed by atoms with Crippen molar-refractivity contribution < 1.29 is 9.47 Å². The van der Waals surface area contributed by atoms with Crippen molar-refractivity contribution in [1.29, 1.82) is 0 Å². The Bertz CT molecular complexity index is 430. The topological polar surface area (TPSA) is 61.4 Å². The Labute approximate surface area is 165 Å². The van der Waals surface area contributed by atoms with Crippen LogP contribution < -0.4 is 10.6 Å². The molecule has 0 radical (unpaired) electrons. The summed E-state index contributed by atoms with van der Waals surface area (Å²) in [6.45, 7) is 17.2. The molecular formula is C20H41N5O2. The molecule has 0 bridgehead atoms. The van der Waals surface area contributed by atoms with Gasteiger partial charge in [0.2, 0.25) is 0 Å². The van der Waals surface area contributed by atoms with E-state index in [4.69, 9.17) is 14.5 Å². The van der Waals surface area contributed by atoms with Crippen LogP contribution in [0, 0.1) is 5.92 Å². The Hall–Kier alpha value is -0.890. The first-order chi connectivity index (χ1) is 13.0. The first kappa shape index (κ1) is 22.4. The third kappa shape index (κ3) is 7.94. The maximum absolute atomic E-state index is 5.48. The lowest BCUT2D eigenvalue weighted by molar-refractivity contribution is -0.00684. The number of guanidine groups is 1. The zero-order chi connectivity index (χ0) is 19.5. The van der Waals surface area contributed by atoms with Crippen molar-refractivity contribution in [2.45, 2.75) is 39.2 Å². The zero-order valence-corrected chi connectivity index (χ0v) is 17.9. The first-order valence-corrected chi connectivity index (χ1v) is 10.6. The summed E-state index contributed by atoms with van der Waals surface area (Å²) in [5.74, 6) is 1.67. The molecule has 158 valence electrons. The highest BCUT2D eigenvalue weighted by Crippen LogP contribution is 2.17. The van der Waals surface area contributed by atoms with Crippen LogP contribution in [0.4, 0.5) is 0 Å². The highest BCUT2D eigenvalue weighted by molar-refractivity contribution is 5.79. The fourth-order valence-corrected chi connectivity index (χ4v) is 3.76. The Morgan fingerprint density at radius 3 is 2.48 bits per heavy atom. The molecule has 7 heteroatoms. The predicted octanol–water partition coefficient (Wildman–Crippen LogP) is 1.01. The quantitative estimate of drug-likeness (QED) is 0.458. The van der Waals surface area contributed by atoms with Gasteiger partial charge in [-0.1, -0.05) is 0 Å². The Morgan fingerprint density at radius 2 is 1.85 bits per heavy atom. The molecular weight excluding hydrogens is 342 g/mol. The lowest BCUT2D eigenvalue weighted by atomic mass is 9.97. The fourth-order valence-electron chi connectivity index (χ4n) is 3.76. The van der Waals surface area contributed by atoms with E-state index in [1.165, 1.54) is 25.9 Å². The van der Waals surface area contributed by atoms with E-state index in [-0.39, 0.29) is 5.54 Å². The van der Waals surface area contributed by atoms with Crippen molar-refractivity contribution in [1.82, 2.24) is 20.4 Å². The van der Waals surface area contributed by atoms with E-state index in [1.54, 1.807) is 7.11 Å². The summed E-state index contributed by atoms with van der Waals surface area (Å²) in [5.41, 5.74) is 0.0544. The Kier molecular flexibility index (Phi) is 9.82. The molecule has 0 aromatic heterocycles. The van der Waals surface area contributed by atoms with Crippen LogP contribution in [-0.4, -0.2) is 101 Å². The number of morpholine rings is 1. The van der Waals surface area contributed by atoms with Gasteiger partial charge < -0.3 is 25.0 Å². The number of nitrogens with zero attached hydrogens (tertiary/aromatic N) is 3. The summed E-state index contributed by atoms with van der Waals surface area (Å²) in [5, 5.41) is 6.98. The molecule has 2 saturated heterocycles. The molecule has 2 rings (SSSR count). The molecule has 0 atom stereocenters. The molecule has 0 unspecified atom stereocenters. The van der Waals surface area contributed by atoms with E-state index < -0.39 is 0 Å². The number of likely N-dealkylation sites (tertiary alicyclic amines) is 1. The minimum atomic E-state index is 0.0544. The normalized spacial score (nSPS) is 21.4. The van der Waals surface area contributed by atoms with Crippen molar-refractivity contribution in [2.24, 2.45) is 10.9 Å².